The Labute approximate surface area is 147 Å². The van der Waals surface area contributed by atoms with Crippen molar-refractivity contribution in [3.63, 3.8) is 0 Å². The standard InChI is InChI=1S/C18H20N2O4S/c1-12-7-8-13(2)17(11-12)25(22,23)19-10-9-16-18(21)20-14-5-3-4-6-15(14)24-16/h3-8,11,16,19H,9-10H2,1-2H3,(H,20,21). The van der Waals surface area contributed by atoms with Gasteiger partial charge >= 0.3 is 0 Å². The molecule has 1 amide bonds. The van der Waals surface area contributed by atoms with E-state index < -0.39 is 16.1 Å². The second-order valence-corrected chi connectivity index (χ2v) is 7.78. The fourth-order valence-electron chi connectivity index (χ4n) is 2.68. The van der Waals surface area contributed by atoms with Gasteiger partial charge in [-0.3, -0.25) is 4.79 Å². The van der Waals surface area contributed by atoms with E-state index in [4.69, 9.17) is 4.74 Å². The lowest BCUT2D eigenvalue weighted by atomic mass is 10.2. The van der Waals surface area contributed by atoms with Gasteiger partial charge in [0.25, 0.3) is 5.91 Å². The molecule has 6 nitrogen and oxygen atoms in total. The lowest BCUT2D eigenvalue weighted by molar-refractivity contribution is -0.123. The molecule has 25 heavy (non-hydrogen) atoms. The summed E-state index contributed by atoms with van der Waals surface area (Å²) < 4.78 is 33.2. The van der Waals surface area contributed by atoms with Crippen LogP contribution in [0.1, 0.15) is 17.5 Å². The molecule has 0 bridgehead atoms. The minimum absolute atomic E-state index is 0.107. The van der Waals surface area contributed by atoms with Crippen molar-refractivity contribution >= 4 is 21.6 Å². The van der Waals surface area contributed by atoms with Gasteiger partial charge in [0.1, 0.15) is 5.75 Å². The first-order valence-corrected chi connectivity index (χ1v) is 9.48. The average molecular weight is 360 g/mol. The van der Waals surface area contributed by atoms with E-state index >= 15 is 0 Å². The Morgan fingerprint density at radius 1 is 1.16 bits per heavy atom. The molecule has 0 saturated heterocycles. The number of aryl methyl sites for hydroxylation is 2. The smallest absolute Gasteiger partial charge is 0.265 e. The van der Waals surface area contributed by atoms with E-state index in [1.165, 1.54) is 0 Å². The summed E-state index contributed by atoms with van der Waals surface area (Å²) in [6.07, 6.45) is -0.485. The van der Waals surface area contributed by atoms with Gasteiger partial charge in [-0.15, -0.1) is 0 Å². The molecule has 3 rings (SSSR count). The number of hydrogen-bond acceptors (Lipinski definition) is 4. The van der Waals surface area contributed by atoms with Gasteiger partial charge in [-0.05, 0) is 43.2 Å². The molecule has 2 aromatic carbocycles. The van der Waals surface area contributed by atoms with Crippen molar-refractivity contribution in [2.75, 3.05) is 11.9 Å². The maximum Gasteiger partial charge on any atom is 0.265 e. The number of sulfonamides is 1. The highest BCUT2D eigenvalue weighted by Gasteiger charge is 2.27. The van der Waals surface area contributed by atoms with Crippen LogP contribution >= 0.6 is 0 Å². The van der Waals surface area contributed by atoms with E-state index in [1.54, 1.807) is 37.3 Å². The van der Waals surface area contributed by atoms with Gasteiger partial charge in [0.05, 0.1) is 10.6 Å². The van der Waals surface area contributed by atoms with Crippen LogP contribution in [0.5, 0.6) is 5.75 Å². The largest absolute Gasteiger partial charge is 0.478 e. The van der Waals surface area contributed by atoms with E-state index in [9.17, 15) is 13.2 Å². The zero-order chi connectivity index (χ0) is 18.0. The van der Waals surface area contributed by atoms with Crippen molar-refractivity contribution in [1.29, 1.82) is 0 Å². The molecule has 2 aromatic rings. The van der Waals surface area contributed by atoms with Crippen molar-refractivity contribution in [1.82, 2.24) is 4.72 Å². The lowest BCUT2D eigenvalue weighted by Crippen LogP contribution is -2.39. The summed E-state index contributed by atoms with van der Waals surface area (Å²) in [6.45, 7) is 3.70. The number of hydrogen-bond donors (Lipinski definition) is 2. The third-order valence-corrected chi connectivity index (χ3v) is 5.64. The van der Waals surface area contributed by atoms with Crippen LogP contribution in [-0.2, 0) is 14.8 Å². The van der Waals surface area contributed by atoms with Crippen molar-refractivity contribution in [2.45, 2.75) is 31.3 Å². The minimum atomic E-state index is -3.63. The van der Waals surface area contributed by atoms with Gasteiger partial charge in [-0.25, -0.2) is 13.1 Å². The number of amides is 1. The average Bonchev–Trinajstić information content (AvgIpc) is 2.57. The second kappa shape index (κ2) is 6.85. The van der Waals surface area contributed by atoms with Crippen LogP contribution in [0.2, 0.25) is 0 Å². The van der Waals surface area contributed by atoms with Crippen LogP contribution in [0.15, 0.2) is 47.4 Å². The Hall–Kier alpha value is -2.38. The zero-order valence-electron chi connectivity index (χ0n) is 14.1. The number of fused-ring (bicyclic) bond motifs is 1. The SMILES string of the molecule is Cc1ccc(C)c(S(=O)(=O)NCCC2Oc3ccccc3NC2=O)c1. The minimum Gasteiger partial charge on any atom is -0.478 e. The van der Waals surface area contributed by atoms with Crippen molar-refractivity contribution < 1.29 is 17.9 Å². The van der Waals surface area contributed by atoms with Gasteiger partial charge in [0, 0.05) is 13.0 Å². The molecule has 1 atom stereocenters. The highest BCUT2D eigenvalue weighted by molar-refractivity contribution is 7.89. The monoisotopic (exact) mass is 360 g/mol. The first-order chi connectivity index (χ1) is 11.9. The second-order valence-electron chi connectivity index (χ2n) is 6.05. The fraction of sp³-hybridized carbons (Fsp3) is 0.278. The molecule has 1 unspecified atom stereocenters. The number of para-hydroxylation sites is 2. The molecule has 1 aliphatic heterocycles. The zero-order valence-corrected chi connectivity index (χ0v) is 14.9. The van der Waals surface area contributed by atoms with E-state index in [1.807, 2.05) is 19.1 Å². The summed E-state index contributed by atoms with van der Waals surface area (Å²) in [6, 6.07) is 12.4. The lowest BCUT2D eigenvalue weighted by Gasteiger charge is -2.25. The van der Waals surface area contributed by atoms with Gasteiger partial charge in [-0.2, -0.15) is 0 Å². The third-order valence-electron chi connectivity index (χ3n) is 4.04. The van der Waals surface area contributed by atoms with Crippen LogP contribution < -0.4 is 14.8 Å². The molecule has 7 heteroatoms. The van der Waals surface area contributed by atoms with Crippen molar-refractivity contribution in [2.24, 2.45) is 0 Å². The van der Waals surface area contributed by atoms with Crippen LogP contribution in [0.3, 0.4) is 0 Å². The normalized spacial score (nSPS) is 16.7. The van der Waals surface area contributed by atoms with E-state index in [-0.39, 0.29) is 23.8 Å². The Kier molecular flexibility index (Phi) is 4.78. The predicted octanol–water partition coefficient (Wildman–Crippen LogP) is 2.37. The Balaban J connectivity index is 1.65. The predicted molar refractivity (Wildman–Crippen MR) is 95.2 cm³/mol. The molecular weight excluding hydrogens is 340 g/mol. The molecule has 0 radical (unpaired) electrons. The quantitative estimate of drug-likeness (QED) is 0.857. The number of anilines is 1. The molecule has 2 N–H and O–H groups in total. The summed E-state index contributed by atoms with van der Waals surface area (Å²) in [5.41, 5.74) is 2.18. The third kappa shape index (κ3) is 3.83. The van der Waals surface area contributed by atoms with Crippen LogP contribution in [0.25, 0.3) is 0 Å². The maximum atomic E-state index is 12.5. The Morgan fingerprint density at radius 3 is 2.72 bits per heavy atom. The number of rotatable bonds is 5. The fourth-order valence-corrected chi connectivity index (χ4v) is 4.06. The summed E-state index contributed by atoms with van der Waals surface area (Å²) in [7, 11) is -3.63. The van der Waals surface area contributed by atoms with Crippen LogP contribution in [-0.4, -0.2) is 27.0 Å². The van der Waals surface area contributed by atoms with Crippen molar-refractivity contribution in [3.8, 4) is 5.75 Å². The summed E-state index contributed by atoms with van der Waals surface area (Å²) in [5.74, 6) is 0.314. The first-order valence-electron chi connectivity index (χ1n) is 8.00. The van der Waals surface area contributed by atoms with E-state index in [0.717, 1.165) is 5.56 Å². The molecule has 0 spiro atoms. The molecule has 0 fully saturated rings. The first kappa shape index (κ1) is 17.4. The number of ether oxygens (including phenoxy) is 1. The summed E-state index contributed by atoms with van der Waals surface area (Å²) in [4.78, 5) is 12.3. The topological polar surface area (TPSA) is 84.5 Å². The van der Waals surface area contributed by atoms with Gasteiger partial charge < -0.3 is 10.1 Å². The summed E-state index contributed by atoms with van der Waals surface area (Å²) >= 11 is 0. The molecule has 1 aliphatic rings. The number of carbonyl (C=O) groups excluding carboxylic acids is 1. The molecule has 1 heterocycles. The van der Waals surface area contributed by atoms with Crippen LogP contribution in [0.4, 0.5) is 5.69 Å². The molecule has 0 saturated carbocycles. The highest BCUT2D eigenvalue weighted by Crippen LogP contribution is 2.29. The summed E-state index contributed by atoms with van der Waals surface area (Å²) in [5, 5.41) is 2.76. The highest BCUT2D eigenvalue weighted by atomic mass is 32.2. The Bertz CT molecular complexity index is 909. The van der Waals surface area contributed by atoms with Crippen LogP contribution in [0, 0.1) is 13.8 Å². The molecule has 0 aromatic heterocycles. The molecule has 132 valence electrons. The maximum absolute atomic E-state index is 12.5. The van der Waals surface area contributed by atoms with Gasteiger partial charge in [0.2, 0.25) is 10.0 Å². The van der Waals surface area contributed by atoms with Gasteiger partial charge in [0.15, 0.2) is 6.10 Å². The number of benzene rings is 2. The van der Waals surface area contributed by atoms with Gasteiger partial charge in [-0.1, -0.05) is 24.3 Å². The number of nitrogens with one attached hydrogen (secondary N) is 2. The number of carbonyl (C=O) groups is 1. The van der Waals surface area contributed by atoms with E-state index in [0.29, 0.717) is 17.0 Å². The molecule has 0 aliphatic carbocycles. The van der Waals surface area contributed by atoms with Crippen molar-refractivity contribution in [3.05, 3.63) is 53.6 Å². The Morgan fingerprint density at radius 2 is 1.92 bits per heavy atom. The van der Waals surface area contributed by atoms with E-state index in [2.05, 4.69) is 10.0 Å². The molecular formula is C18H20N2O4S.